The summed E-state index contributed by atoms with van der Waals surface area (Å²) in [6.07, 6.45) is 3.02. The van der Waals surface area contributed by atoms with Crippen molar-refractivity contribution in [3.63, 3.8) is 0 Å². The van der Waals surface area contributed by atoms with Crippen LogP contribution in [-0.2, 0) is 15.1 Å². The van der Waals surface area contributed by atoms with E-state index in [4.69, 9.17) is 0 Å². The molecule has 0 spiro atoms. The lowest BCUT2D eigenvalue weighted by atomic mass is 10.1. The lowest BCUT2D eigenvalue weighted by molar-refractivity contribution is -0.146. The fraction of sp³-hybridized carbons (Fsp3) is 0.412. The number of carboxylic acids is 1. The van der Waals surface area contributed by atoms with Gasteiger partial charge in [0.2, 0.25) is 5.91 Å². The number of anilines is 1. The summed E-state index contributed by atoms with van der Waals surface area (Å²) in [4.78, 5) is 37.4. The number of aliphatic carboxylic acids is 1. The van der Waals surface area contributed by atoms with E-state index in [1.807, 2.05) is 19.9 Å². The van der Waals surface area contributed by atoms with E-state index in [1.54, 1.807) is 11.3 Å². The molecule has 0 bridgehead atoms. The number of nitrogens with one attached hydrogen (secondary N) is 1. The molecule has 2 aromatic rings. The number of rotatable bonds is 7. The maximum Gasteiger partial charge on any atom is 0.331 e. The van der Waals surface area contributed by atoms with Gasteiger partial charge in [-0.15, -0.1) is 11.3 Å². The number of Topliss-reactive ketones (excluding diaryl/α,β-unsaturated/α-hetero) is 1. The number of carbonyl (C=O) groups excluding carboxylic acids is 2. The largest absolute Gasteiger partial charge is 0.479 e. The van der Waals surface area contributed by atoms with Gasteiger partial charge in [0.15, 0.2) is 11.3 Å². The lowest BCUT2D eigenvalue weighted by Crippen LogP contribution is -2.35. The maximum atomic E-state index is 12.2. The van der Waals surface area contributed by atoms with Gasteiger partial charge >= 0.3 is 5.97 Å². The normalized spacial score (nSPS) is 11.4. The van der Waals surface area contributed by atoms with Gasteiger partial charge in [-0.05, 0) is 33.8 Å². The third kappa shape index (κ3) is 4.33. The zero-order valence-corrected chi connectivity index (χ0v) is 15.4. The van der Waals surface area contributed by atoms with Crippen LogP contribution >= 0.6 is 11.3 Å². The second kappa shape index (κ2) is 7.18. The predicted octanol–water partition coefficient (Wildman–Crippen LogP) is 2.98. The zero-order valence-electron chi connectivity index (χ0n) is 14.6. The fourth-order valence-corrected chi connectivity index (χ4v) is 3.23. The van der Waals surface area contributed by atoms with Crippen LogP contribution in [0.5, 0.6) is 0 Å². The van der Waals surface area contributed by atoms with E-state index in [0.29, 0.717) is 11.3 Å². The van der Waals surface area contributed by atoms with Crippen molar-refractivity contribution >= 4 is 34.7 Å². The second-order valence-electron chi connectivity index (χ2n) is 6.34. The molecule has 1 amide bonds. The van der Waals surface area contributed by atoms with Gasteiger partial charge in [-0.25, -0.2) is 4.79 Å². The summed E-state index contributed by atoms with van der Waals surface area (Å²) in [6.45, 7) is 6.86. The van der Waals surface area contributed by atoms with E-state index in [0.717, 1.165) is 9.75 Å². The number of nitrogens with zero attached hydrogens (tertiary/aromatic N) is 2. The molecule has 2 N–H and O–H groups in total. The summed E-state index contributed by atoms with van der Waals surface area (Å²) in [5, 5.41) is 15.8. The average Bonchev–Trinajstić information content (AvgIpc) is 3.11. The molecule has 0 unspecified atom stereocenters. The number of ketones is 1. The van der Waals surface area contributed by atoms with Gasteiger partial charge in [-0.2, -0.15) is 5.10 Å². The molecule has 0 saturated carbocycles. The Balaban J connectivity index is 1.93. The van der Waals surface area contributed by atoms with Crippen molar-refractivity contribution in [1.29, 1.82) is 0 Å². The van der Waals surface area contributed by atoms with E-state index < -0.39 is 11.5 Å². The van der Waals surface area contributed by atoms with E-state index in [1.165, 1.54) is 30.9 Å². The Hall–Kier alpha value is -2.48. The van der Waals surface area contributed by atoms with Crippen LogP contribution in [0.2, 0.25) is 0 Å². The van der Waals surface area contributed by atoms with Crippen molar-refractivity contribution in [2.75, 3.05) is 5.32 Å². The fourth-order valence-electron chi connectivity index (χ4n) is 2.28. The molecule has 0 aliphatic carbocycles. The zero-order chi connectivity index (χ0) is 18.8. The van der Waals surface area contributed by atoms with Crippen LogP contribution in [0.4, 0.5) is 5.69 Å². The monoisotopic (exact) mass is 363 g/mol. The molecule has 2 aromatic heterocycles. The smallest absolute Gasteiger partial charge is 0.331 e. The minimum Gasteiger partial charge on any atom is -0.479 e. The van der Waals surface area contributed by atoms with Gasteiger partial charge in [0.25, 0.3) is 0 Å². The highest BCUT2D eigenvalue weighted by atomic mass is 32.1. The number of hydrogen-bond acceptors (Lipinski definition) is 5. The summed E-state index contributed by atoms with van der Waals surface area (Å²) in [6, 6.07) is 1.85. The minimum absolute atomic E-state index is 0.0558. The number of thiophene rings is 1. The summed E-state index contributed by atoms with van der Waals surface area (Å²) < 4.78 is 1.27. The highest BCUT2D eigenvalue weighted by Gasteiger charge is 2.30. The quantitative estimate of drug-likeness (QED) is 0.737. The molecule has 7 nitrogen and oxygen atoms in total. The van der Waals surface area contributed by atoms with E-state index >= 15 is 0 Å². The molecule has 0 aromatic carbocycles. The third-order valence-electron chi connectivity index (χ3n) is 3.88. The highest BCUT2D eigenvalue weighted by molar-refractivity contribution is 7.12. The first-order valence-electron chi connectivity index (χ1n) is 7.80. The topological polar surface area (TPSA) is 101 Å². The van der Waals surface area contributed by atoms with Crippen molar-refractivity contribution in [2.24, 2.45) is 0 Å². The van der Waals surface area contributed by atoms with E-state index in [-0.39, 0.29) is 24.5 Å². The first-order valence-corrected chi connectivity index (χ1v) is 8.61. The molecule has 25 heavy (non-hydrogen) atoms. The van der Waals surface area contributed by atoms with Crippen LogP contribution in [0.1, 0.15) is 46.8 Å². The predicted molar refractivity (Wildman–Crippen MR) is 95.2 cm³/mol. The molecule has 0 radical (unpaired) electrons. The Morgan fingerprint density at radius 1 is 1.28 bits per heavy atom. The van der Waals surface area contributed by atoms with Crippen LogP contribution in [0, 0.1) is 13.8 Å². The van der Waals surface area contributed by atoms with E-state index in [2.05, 4.69) is 10.4 Å². The number of carboxylic acid groups (broad SMARTS) is 1. The lowest BCUT2D eigenvalue weighted by Gasteiger charge is -2.19. The van der Waals surface area contributed by atoms with Crippen molar-refractivity contribution in [3.8, 4) is 0 Å². The van der Waals surface area contributed by atoms with Gasteiger partial charge in [-0.1, -0.05) is 0 Å². The average molecular weight is 363 g/mol. The summed E-state index contributed by atoms with van der Waals surface area (Å²) in [7, 11) is 0. The summed E-state index contributed by atoms with van der Waals surface area (Å²) >= 11 is 1.56. The molecular formula is C17H21N3O4S. The molecule has 2 rings (SSSR count). The second-order valence-corrected chi connectivity index (χ2v) is 7.80. The number of amides is 1. The van der Waals surface area contributed by atoms with Crippen LogP contribution < -0.4 is 5.32 Å². The van der Waals surface area contributed by atoms with Gasteiger partial charge in [0.05, 0.1) is 11.9 Å². The Morgan fingerprint density at radius 3 is 2.52 bits per heavy atom. The van der Waals surface area contributed by atoms with Gasteiger partial charge in [-0.3, -0.25) is 14.3 Å². The standard InChI is InChI=1S/C17H21N3O4S/c1-10-7-13(11(2)25-10)14(21)5-6-15(22)19-12-8-18-20(9-12)17(3,4)16(23)24/h7-9H,5-6H2,1-4H3,(H,19,22)(H,23,24). The third-order valence-corrected chi connectivity index (χ3v) is 4.85. The van der Waals surface area contributed by atoms with Crippen molar-refractivity contribution in [1.82, 2.24) is 9.78 Å². The number of hydrogen-bond donors (Lipinski definition) is 2. The molecule has 0 fully saturated rings. The first kappa shape index (κ1) is 18.9. The maximum absolute atomic E-state index is 12.2. The summed E-state index contributed by atoms with van der Waals surface area (Å²) in [5.41, 5.74) is -0.145. The van der Waals surface area contributed by atoms with Crippen LogP contribution in [0.15, 0.2) is 18.5 Å². The molecule has 134 valence electrons. The van der Waals surface area contributed by atoms with Gasteiger partial charge in [0.1, 0.15) is 0 Å². The van der Waals surface area contributed by atoms with Crippen LogP contribution in [0.25, 0.3) is 0 Å². The molecule has 0 saturated heterocycles. The Labute approximate surface area is 149 Å². The number of carbonyl (C=O) groups is 3. The van der Waals surface area contributed by atoms with Crippen molar-refractivity contribution < 1.29 is 19.5 Å². The molecular weight excluding hydrogens is 342 g/mol. The van der Waals surface area contributed by atoms with Crippen molar-refractivity contribution in [2.45, 2.75) is 46.1 Å². The van der Waals surface area contributed by atoms with E-state index in [9.17, 15) is 19.5 Å². The minimum atomic E-state index is -1.22. The van der Waals surface area contributed by atoms with Crippen molar-refractivity contribution in [3.05, 3.63) is 33.8 Å². The van der Waals surface area contributed by atoms with Gasteiger partial charge < -0.3 is 10.4 Å². The van der Waals surface area contributed by atoms with Crippen LogP contribution in [-0.4, -0.2) is 32.5 Å². The first-order chi connectivity index (χ1) is 11.6. The Bertz CT molecular complexity index is 820. The summed E-state index contributed by atoms with van der Waals surface area (Å²) in [5.74, 6) is -1.40. The Kier molecular flexibility index (Phi) is 5.42. The number of aryl methyl sites for hydroxylation is 2. The highest BCUT2D eigenvalue weighted by Crippen LogP contribution is 2.22. The molecule has 0 atom stereocenters. The molecule has 0 aliphatic heterocycles. The molecule has 8 heteroatoms. The molecule has 0 aliphatic rings. The molecule has 2 heterocycles. The Morgan fingerprint density at radius 2 is 1.96 bits per heavy atom. The van der Waals surface area contributed by atoms with Gasteiger partial charge in [0, 0.05) is 34.4 Å². The SMILES string of the molecule is Cc1cc(C(=O)CCC(=O)Nc2cnn(C(C)(C)C(=O)O)c2)c(C)s1. The number of aromatic nitrogens is 2. The van der Waals surface area contributed by atoms with Crippen LogP contribution in [0.3, 0.4) is 0 Å².